The smallest absolute Gasteiger partial charge is 0.256 e. The minimum atomic E-state index is -0.281. The SMILES string of the molecule is Nc1nc(NC(=O)c2ccc(Cl)cc2)ccc1-c1cnn(Cc2ccccc2)c1. The van der Waals surface area contributed by atoms with Crippen molar-refractivity contribution in [3.63, 3.8) is 0 Å². The highest BCUT2D eigenvalue weighted by atomic mass is 35.5. The summed E-state index contributed by atoms with van der Waals surface area (Å²) in [6, 6.07) is 20.2. The molecule has 0 radical (unpaired) electrons. The van der Waals surface area contributed by atoms with Gasteiger partial charge in [-0.1, -0.05) is 41.9 Å². The standard InChI is InChI=1S/C22H18ClN5O/c23-18-8-6-16(7-9-18)22(29)27-20-11-10-19(21(24)26-20)17-12-25-28(14-17)13-15-4-2-1-3-5-15/h1-12,14H,13H2,(H3,24,26,27,29). The topological polar surface area (TPSA) is 85.8 Å². The molecule has 0 aliphatic carbocycles. The van der Waals surface area contributed by atoms with Crippen molar-refractivity contribution in [3.8, 4) is 11.1 Å². The molecule has 2 heterocycles. The van der Waals surface area contributed by atoms with Gasteiger partial charge in [0, 0.05) is 27.9 Å². The number of aromatic nitrogens is 3. The Morgan fingerprint density at radius 2 is 1.79 bits per heavy atom. The first-order valence-electron chi connectivity index (χ1n) is 8.99. The van der Waals surface area contributed by atoms with E-state index in [2.05, 4.69) is 27.5 Å². The highest BCUT2D eigenvalue weighted by Crippen LogP contribution is 2.26. The van der Waals surface area contributed by atoms with E-state index < -0.39 is 0 Å². The Kier molecular flexibility index (Phi) is 5.27. The fourth-order valence-electron chi connectivity index (χ4n) is 2.94. The summed E-state index contributed by atoms with van der Waals surface area (Å²) in [6.07, 6.45) is 3.68. The van der Waals surface area contributed by atoms with Crippen molar-refractivity contribution in [2.24, 2.45) is 0 Å². The number of hydrogen-bond donors (Lipinski definition) is 2. The molecule has 29 heavy (non-hydrogen) atoms. The van der Waals surface area contributed by atoms with Gasteiger partial charge in [0.25, 0.3) is 5.91 Å². The number of nitrogen functional groups attached to an aromatic ring is 1. The Balaban J connectivity index is 1.49. The maximum absolute atomic E-state index is 12.3. The number of amides is 1. The molecular weight excluding hydrogens is 386 g/mol. The number of halogens is 1. The Hall–Kier alpha value is -3.64. The first-order valence-corrected chi connectivity index (χ1v) is 9.36. The van der Waals surface area contributed by atoms with Gasteiger partial charge in [-0.25, -0.2) is 4.98 Å². The van der Waals surface area contributed by atoms with Crippen LogP contribution < -0.4 is 11.1 Å². The van der Waals surface area contributed by atoms with Gasteiger partial charge < -0.3 is 11.1 Å². The third-order valence-corrected chi connectivity index (χ3v) is 4.66. The Morgan fingerprint density at radius 3 is 2.52 bits per heavy atom. The van der Waals surface area contributed by atoms with Crippen LogP contribution in [0.3, 0.4) is 0 Å². The predicted octanol–water partition coefficient (Wildman–Crippen LogP) is 4.48. The van der Waals surface area contributed by atoms with Crippen molar-refractivity contribution in [1.82, 2.24) is 14.8 Å². The predicted molar refractivity (Wildman–Crippen MR) is 115 cm³/mol. The van der Waals surface area contributed by atoms with E-state index in [-0.39, 0.29) is 5.91 Å². The summed E-state index contributed by atoms with van der Waals surface area (Å²) in [5, 5.41) is 7.71. The van der Waals surface area contributed by atoms with Crippen LogP contribution in [0.1, 0.15) is 15.9 Å². The van der Waals surface area contributed by atoms with Gasteiger partial charge in [0.2, 0.25) is 0 Å². The third-order valence-electron chi connectivity index (χ3n) is 4.40. The van der Waals surface area contributed by atoms with Crippen molar-refractivity contribution < 1.29 is 4.79 Å². The number of hydrogen-bond acceptors (Lipinski definition) is 4. The van der Waals surface area contributed by atoms with Crippen molar-refractivity contribution in [1.29, 1.82) is 0 Å². The van der Waals surface area contributed by atoms with Crippen LogP contribution in [0.4, 0.5) is 11.6 Å². The van der Waals surface area contributed by atoms with E-state index >= 15 is 0 Å². The maximum Gasteiger partial charge on any atom is 0.256 e. The van der Waals surface area contributed by atoms with Gasteiger partial charge in [-0.15, -0.1) is 0 Å². The largest absolute Gasteiger partial charge is 0.383 e. The van der Waals surface area contributed by atoms with Crippen LogP contribution in [0.25, 0.3) is 11.1 Å². The first kappa shape index (κ1) is 18.7. The van der Waals surface area contributed by atoms with Crippen LogP contribution in [-0.4, -0.2) is 20.7 Å². The summed E-state index contributed by atoms with van der Waals surface area (Å²) >= 11 is 5.85. The van der Waals surface area contributed by atoms with Gasteiger partial charge in [0.05, 0.1) is 12.7 Å². The molecule has 2 aromatic heterocycles. The van der Waals surface area contributed by atoms with Crippen LogP contribution in [-0.2, 0) is 6.54 Å². The van der Waals surface area contributed by atoms with E-state index in [1.165, 1.54) is 0 Å². The lowest BCUT2D eigenvalue weighted by Gasteiger charge is -2.08. The van der Waals surface area contributed by atoms with Gasteiger partial charge in [-0.2, -0.15) is 5.10 Å². The fourth-order valence-corrected chi connectivity index (χ4v) is 3.06. The summed E-state index contributed by atoms with van der Waals surface area (Å²) in [4.78, 5) is 16.6. The quantitative estimate of drug-likeness (QED) is 0.514. The summed E-state index contributed by atoms with van der Waals surface area (Å²) in [7, 11) is 0. The minimum Gasteiger partial charge on any atom is -0.383 e. The first-order chi connectivity index (χ1) is 14.1. The highest BCUT2D eigenvalue weighted by molar-refractivity contribution is 6.30. The molecule has 0 spiro atoms. The molecule has 3 N–H and O–H groups in total. The second-order valence-corrected chi connectivity index (χ2v) is 6.94. The van der Waals surface area contributed by atoms with Crippen LogP contribution in [0.2, 0.25) is 5.02 Å². The summed E-state index contributed by atoms with van der Waals surface area (Å²) < 4.78 is 1.85. The Labute approximate surface area is 173 Å². The third kappa shape index (κ3) is 4.44. The molecule has 0 aliphatic rings. The Bertz CT molecular complexity index is 1140. The van der Waals surface area contributed by atoms with Crippen LogP contribution in [0.5, 0.6) is 0 Å². The van der Waals surface area contributed by atoms with Gasteiger partial charge in [0.15, 0.2) is 0 Å². The number of carbonyl (C=O) groups excluding carboxylic acids is 1. The van der Waals surface area contributed by atoms with Gasteiger partial charge >= 0.3 is 0 Å². The van der Waals surface area contributed by atoms with E-state index in [4.69, 9.17) is 17.3 Å². The molecule has 0 bridgehead atoms. The lowest BCUT2D eigenvalue weighted by molar-refractivity contribution is 0.102. The summed E-state index contributed by atoms with van der Waals surface area (Å²) in [5.74, 6) is 0.415. The number of nitrogens with zero attached hydrogens (tertiary/aromatic N) is 3. The highest BCUT2D eigenvalue weighted by Gasteiger charge is 2.11. The summed E-state index contributed by atoms with van der Waals surface area (Å²) in [6.45, 7) is 0.670. The average molecular weight is 404 g/mol. The maximum atomic E-state index is 12.3. The molecule has 0 saturated carbocycles. The molecule has 4 aromatic rings. The monoisotopic (exact) mass is 403 g/mol. The van der Waals surface area contributed by atoms with E-state index in [0.717, 1.165) is 16.7 Å². The number of carbonyl (C=O) groups is 1. The zero-order valence-corrected chi connectivity index (χ0v) is 16.2. The lowest BCUT2D eigenvalue weighted by Crippen LogP contribution is -2.13. The van der Waals surface area contributed by atoms with Crippen LogP contribution in [0.15, 0.2) is 79.1 Å². The zero-order chi connectivity index (χ0) is 20.2. The van der Waals surface area contributed by atoms with Crippen LogP contribution in [0, 0.1) is 0 Å². The Morgan fingerprint density at radius 1 is 1.03 bits per heavy atom. The molecule has 6 nitrogen and oxygen atoms in total. The lowest BCUT2D eigenvalue weighted by atomic mass is 10.1. The zero-order valence-electron chi connectivity index (χ0n) is 15.4. The number of pyridine rings is 1. The molecule has 0 aliphatic heterocycles. The minimum absolute atomic E-state index is 0.281. The second-order valence-electron chi connectivity index (χ2n) is 6.50. The molecular formula is C22H18ClN5O. The van der Waals surface area contributed by atoms with Crippen molar-refractivity contribution >= 4 is 29.1 Å². The van der Waals surface area contributed by atoms with Gasteiger partial charge in [-0.05, 0) is 42.0 Å². The normalized spacial score (nSPS) is 10.7. The van der Waals surface area contributed by atoms with E-state index in [1.54, 1.807) is 36.5 Å². The number of benzene rings is 2. The van der Waals surface area contributed by atoms with E-state index in [1.807, 2.05) is 35.1 Å². The van der Waals surface area contributed by atoms with Gasteiger partial charge in [-0.3, -0.25) is 9.48 Å². The number of rotatable bonds is 5. The summed E-state index contributed by atoms with van der Waals surface area (Å²) in [5.41, 5.74) is 9.40. The number of nitrogens with two attached hydrogens (primary N) is 1. The fraction of sp³-hybridized carbons (Fsp3) is 0.0455. The second kappa shape index (κ2) is 8.16. The van der Waals surface area contributed by atoms with Crippen molar-refractivity contribution in [2.75, 3.05) is 11.1 Å². The number of anilines is 2. The molecule has 0 atom stereocenters. The van der Waals surface area contributed by atoms with Crippen molar-refractivity contribution in [2.45, 2.75) is 6.54 Å². The number of nitrogens with one attached hydrogen (secondary N) is 1. The van der Waals surface area contributed by atoms with Crippen molar-refractivity contribution in [3.05, 3.63) is 95.3 Å². The molecule has 1 amide bonds. The van der Waals surface area contributed by atoms with Gasteiger partial charge in [0.1, 0.15) is 11.6 Å². The molecule has 2 aromatic carbocycles. The molecule has 0 fully saturated rings. The average Bonchev–Trinajstić information content (AvgIpc) is 3.17. The van der Waals surface area contributed by atoms with Crippen LogP contribution >= 0.6 is 11.6 Å². The molecule has 144 valence electrons. The molecule has 4 rings (SSSR count). The molecule has 0 saturated heterocycles. The molecule has 0 unspecified atom stereocenters. The van der Waals surface area contributed by atoms with E-state index in [0.29, 0.717) is 28.8 Å². The van der Waals surface area contributed by atoms with E-state index in [9.17, 15) is 4.79 Å². The molecule has 7 heteroatoms.